The fraction of sp³-hybridized carbons (Fsp3) is 0.321. The lowest BCUT2D eigenvalue weighted by atomic mass is 10.1. The maximum atomic E-state index is 14.8. The van der Waals surface area contributed by atoms with Gasteiger partial charge >= 0.3 is 0 Å². The number of benzene rings is 2. The Bertz CT molecular complexity index is 1280. The van der Waals surface area contributed by atoms with Crippen LogP contribution in [0, 0.1) is 5.82 Å². The first-order valence-corrected chi connectivity index (χ1v) is 12.2. The highest BCUT2D eigenvalue weighted by Gasteiger charge is 2.19. The number of carbonyl (C=O) groups excluding carboxylic acids is 1. The van der Waals surface area contributed by atoms with Gasteiger partial charge in [-0.1, -0.05) is 56.3 Å². The monoisotopic (exact) mass is 473 g/mol. The molecule has 0 saturated carbocycles. The summed E-state index contributed by atoms with van der Waals surface area (Å²) < 4.78 is 16.4. The zero-order chi connectivity index (χ0) is 24.8. The third-order valence-corrected chi connectivity index (χ3v) is 6.26. The van der Waals surface area contributed by atoms with Crippen LogP contribution >= 0.6 is 0 Å². The first kappa shape index (κ1) is 24.5. The van der Waals surface area contributed by atoms with Crippen LogP contribution in [-0.2, 0) is 0 Å². The topological polar surface area (TPSA) is 62.5 Å². The van der Waals surface area contributed by atoms with Crippen LogP contribution in [0.25, 0.3) is 28.2 Å². The minimum Gasteiger partial charge on any atom is -0.348 e. The van der Waals surface area contributed by atoms with Crippen LogP contribution < -0.4 is 5.32 Å². The molecule has 4 aromatic rings. The van der Waals surface area contributed by atoms with Crippen LogP contribution in [0.15, 0.2) is 66.7 Å². The molecule has 7 heteroatoms. The number of halogens is 1. The van der Waals surface area contributed by atoms with Crippen molar-refractivity contribution in [2.24, 2.45) is 0 Å². The van der Waals surface area contributed by atoms with Crippen LogP contribution in [-0.4, -0.2) is 51.1 Å². The number of nitrogens with one attached hydrogen (secondary N) is 1. The molecule has 0 radical (unpaired) electrons. The van der Waals surface area contributed by atoms with Crippen molar-refractivity contribution in [3.8, 4) is 22.5 Å². The van der Waals surface area contributed by atoms with Gasteiger partial charge in [-0.15, -0.1) is 0 Å². The molecule has 0 spiro atoms. The Labute approximate surface area is 205 Å². The summed E-state index contributed by atoms with van der Waals surface area (Å²) in [4.78, 5) is 20.1. The van der Waals surface area contributed by atoms with Crippen molar-refractivity contribution in [2.45, 2.75) is 39.7 Å². The smallest absolute Gasteiger partial charge is 0.270 e. The Balaban J connectivity index is 1.64. The van der Waals surface area contributed by atoms with Gasteiger partial charge in [0.1, 0.15) is 11.5 Å². The van der Waals surface area contributed by atoms with E-state index in [4.69, 9.17) is 0 Å². The zero-order valence-corrected chi connectivity index (χ0v) is 20.5. The standard InChI is InChI=1S/C28H32FN5O/c1-4-33(5-2)17-11-12-20(3)30-28(35)25-18-26(22-15-9-10-16-23(22)29)34-27(31-25)19-24(32-34)21-13-7-6-8-14-21/h6-10,13-16,18-20H,4-5,11-12,17H2,1-3H3,(H,30,35)/t20-/m0/s1. The van der Waals surface area contributed by atoms with Gasteiger partial charge in [-0.05, 0) is 57.6 Å². The van der Waals surface area contributed by atoms with E-state index in [2.05, 4.69) is 34.1 Å². The molecular weight excluding hydrogens is 441 g/mol. The quantitative estimate of drug-likeness (QED) is 0.333. The normalized spacial score (nSPS) is 12.3. The number of amides is 1. The lowest BCUT2D eigenvalue weighted by Gasteiger charge is -2.19. The van der Waals surface area contributed by atoms with E-state index < -0.39 is 0 Å². The van der Waals surface area contributed by atoms with E-state index in [1.807, 2.05) is 43.3 Å². The molecule has 2 aromatic carbocycles. The predicted molar refractivity (Wildman–Crippen MR) is 138 cm³/mol. The molecule has 0 bridgehead atoms. The Kier molecular flexibility index (Phi) is 7.87. The van der Waals surface area contributed by atoms with Crippen molar-refractivity contribution in [3.63, 3.8) is 0 Å². The summed E-state index contributed by atoms with van der Waals surface area (Å²) in [6, 6.07) is 19.7. The van der Waals surface area contributed by atoms with Crippen molar-refractivity contribution in [1.82, 2.24) is 24.8 Å². The average Bonchev–Trinajstić information content (AvgIpc) is 3.31. The van der Waals surface area contributed by atoms with Crippen molar-refractivity contribution in [3.05, 3.63) is 78.2 Å². The molecule has 6 nitrogen and oxygen atoms in total. The van der Waals surface area contributed by atoms with Crippen molar-refractivity contribution >= 4 is 11.6 Å². The zero-order valence-electron chi connectivity index (χ0n) is 20.5. The van der Waals surface area contributed by atoms with Gasteiger partial charge in [-0.3, -0.25) is 4.79 Å². The minimum atomic E-state index is -0.382. The van der Waals surface area contributed by atoms with Crippen LogP contribution in [0.4, 0.5) is 4.39 Å². The minimum absolute atomic E-state index is 0.00205. The molecule has 0 saturated heterocycles. The first-order chi connectivity index (χ1) is 17.0. The summed E-state index contributed by atoms with van der Waals surface area (Å²) in [6.07, 6.45) is 1.87. The summed E-state index contributed by atoms with van der Waals surface area (Å²) in [7, 11) is 0. The first-order valence-electron chi connectivity index (χ1n) is 12.2. The van der Waals surface area contributed by atoms with Crippen LogP contribution in [0.1, 0.15) is 44.1 Å². The largest absolute Gasteiger partial charge is 0.348 e. The molecule has 2 aromatic heterocycles. The Hall–Kier alpha value is -3.58. The number of carbonyl (C=O) groups is 1. The highest BCUT2D eigenvalue weighted by atomic mass is 19.1. The molecule has 0 fully saturated rings. The van der Waals surface area contributed by atoms with E-state index in [9.17, 15) is 9.18 Å². The van der Waals surface area contributed by atoms with E-state index in [-0.39, 0.29) is 23.5 Å². The Morgan fingerprint density at radius 3 is 2.49 bits per heavy atom. The van der Waals surface area contributed by atoms with Gasteiger partial charge in [0.05, 0.1) is 11.4 Å². The fourth-order valence-corrected chi connectivity index (χ4v) is 4.23. The number of fused-ring (bicyclic) bond motifs is 1. The molecule has 0 aliphatic rings. The van der Waals surface area contributed by atoms with Crippen LogP contribution in [0.5, 0.6) is 0 Å². The summed E-state index contributed by atoms with van der Waals surface area (Å²) >= 11 is 0. The second-order valence-corrected chi connectivity index (χ2v) is 8.72. The third kappa shape index (κ3) is 5.74. The number of hydrogen-bond acceptors (Lipinski definition) is 4. The Morgan fingerprint density at radius 1 is 1.06 bits per heavy atom. The van der Waals surface area contributed by atoms with Gasteiger partial charge in [-0.25, -0.2) is 13.9 Å². The number of aromatic nitrogens is 3. The lowest BCUT2D eigenvalue weighted by molar-refractivity contribution is 0.0932. The SMILES string of the molecule is CCN(CC)CCC[C@H](C)NC(=O)c1cc(-c2ccccc2F)n2nc(-c3ccccc3)cc2n1. The Morgan fingerprint density at radius 2 is 1.77 bits per heavy atom. The van der Waals surface area contributed by atoms with Crippen molar-refractivity contribution in [1.29, 1.82) is 0 Å². The number of hydrogen-bond donors (Lipinski definition) is 1. The van der Waals surface area contributed by atoms with E-state index in [1.54, 1.807) is 28.8 Å². The molecule has 1 amide bonds. The highest BCUT2D eigenvalue weighted by molar-refractivity contribution is 5.94. The summed E-state index contributed by atoms with van der Waals surface area (Å²) in [6.45, 7) is 9.37. The second kappa shape index (κ2) is 11.2. The third-order valence-electron chi connectivity index (χ3n) is 6.26. The molecule has 1 N–H and O–H groups in total. The molecule has 182 valence electrons. The van der Waals surface area contributed by atoms with Gasteiger partial charge in [0.25, 0.3) is 5.91 Å². The van der Waals surface area contributed by atoms with E-state index in [0.29, 0.717) is 22.6 Å². The molecule has 0 aliphatic heterocycles. The molecule has 2 heterocycles. The second-order valence-electron chi connectivity index (χ2n) is 8.72. The summed E-state index contributed by atoms with van der Waals surface area (Å²) in [5.41, 5.74) is 3.21. The van der Waals surface area contributed by atoms with Crippen molar-refractivity contribution in [2.75, 3.05) is 19.6 Å². The number of rotatable bonds is 10. The van der Waals surface area contributed by atoms with Gasteiger partial charge in [0, 0.05) is 23.2 Å². The highest BCUT2D eigenvalue weighted by Crippen LogP contribution is 2.27. The van der Waals surface area contributed by atoms with Crippen LogP contribution in [0.3, 0.4) is 0 Å². The molecule has 1 atom stereocenters. The lowest BCUT2D eigenvalue weighted by Crippen LogP contribution is -2.34. The fourth-order valence-electron chi connectivity index (χ4n) is 4.23. The van der Waals surface area contributed by atoms with Gasteiger partial charge in [0.2, 0.25) is 0 Å². The van der Waals surface area contributed by atoms with E-state index >= 15 is 0 Å². The summed E-state index contributed by atoms with van der Waals surface area (Å²) in [5.74, 6) is -0.657. The molecule has 0 aliphatic carbocycles. The molecule has 0 unspecified atom stereocenters. The molecular formula is C28H32FN5O. The number of nitrogens with zero attached hydrogens (tertiary/aromatic N) is 4. The average molecular weight is 474 g/mol. The maximum Gasteiger partial charge on any atom is 0.270 e. The van der Waals surface area contributed by atoms with Gasteiger partial charge in [0.15, 0.2) is 5.65 Å². The molecule has 35 heavy (non-hydrogen) atoms. The van der Waals surface area contributed by atoms with Gasteiger partial charge < -0.3 is 10.2 Å². The van der Waals surface area contributed by atoms with Crippen molar-refractivity contribution < 1.29 is 9.18 Å². The molecule has 4 rings (SSSR count). The van der Waals surface area contributed by atoms with E-state index in [1.165, 1.54) is 6.07 Å². The maximum absolute atomic E-state index is 14.8. The summed E-state index contributed by atoms with van der Waals surface area (Å²) in [5, 5.41) is 7.75. The van der Waals surface area contributed by atoms with Gasteiger partial charge in [-0.2, -0.15) is 5.10 Å². The van der Waals surface area contributed by atoms with E-state index in [0.717, 1.165) is 38.0 Å². The van der Waals surface area contributed by atoms with Crippen LogP contribution in [0.2, 0.25) is 0 Å². The predicted octanol–water partition coefficient (Wildman–Crippen LogP) is 5.44.